The van der Waals surface area contributed by atoms with Crippen molar-refractivity contribution in [3.05, 3.63) is 58.1 Å². The highest BCUT2D eigenvalue weighted by molar-refractivity contribution is 6.35. The number of nitrogens with zero attached hydrogens (tertiary/aromatic N) is 2. The Balaban J connectivity index is 1.54. The Kier molecular flexibility index (Phi) is 5.40. The first-order valence-corrected chi connectivity index (χ1v) is 8.39. The molecule has 25 heavy (non-hydrogen) atoms. The quantitative estimate of drug-likeness (QED) is 0.684. The smallest absolute Gasteiger partial charge is 0.238 e. The summed E-state index contributed by atoms with van der Waals surface area (Å²) in [7, 11) is 0. The molecule has 0 radical (unpaired) electrons. The van der Waals surface area contributed by atoms with Gasteiger partial charge in [-0.3, -0.25) is 4.79 Å². The first kappa shape index (κ1) is 17.5. The summed E-state index contributed by atoms with van der Waals surface area (Å²) in [5, 5.41) is 7.78. The predicted molar refractivity (Wildman–Crippen MR) is 93.3 cm³/mol. The van der Waals surface area contributed by atoms with Crippen molar-refractivity contribution < 1.29 is 13.7 Å². The first-order chi connectivity index (χ1) is 12.0. The monoisotopic (exact) mass is 379 g/mol. The van der Waals surface area contributed by atoms with E-state index < -0.39 is 0 Å². The molecule has 8 heteroatoms. The summed E-state index contributed by atoms with van der Waals surface area (Å²) in [4.78, 5) is 16.3. The molecule has 1 unspecified atom stereocenters. The van der Waals surface area contributed by atoms with Crippen LogP contribution in [-0.4, -0.2) is 16.0 Å². The highest BCUT2D eigenvalue weighted by Gasteiger charge is 2.15. The summed E-state index contributed by atoms with van der Waals surface area (Å²) in [6, 6.07) is 8.42. The van der Waals surface area contributed by atoms with Crippen LogP contribution >= 0.6 is 23.2 Å². The van der Waals surface area contributed by atoms with Gasteiger partial charge in [-0.05, 0) is 36.8 Å². The summed E-state index contributed by atoms with van der Waals surface area (Å²) < 4.78 is 10.3. The molecule has 0 bridgehead atoms. The maximum Gasteiger partial charge on any atom is 0.238 e. The molecule has 0 saturated carbocycles. The summed E-state index contributed by atoms with van der Waals surface area (Å²) in [6.07, 6.45) is 2.08. The lowest BCUT2D eigenvalue weighted by atomic mass is 10.1. The van der Waals surface area contributed by atoms with Crippen LogP contribution in [0.15, 0.2) is 45.5 Å². The van der Waals surface area contributed by atoms with Gasteiger partial charge in [0.05, 0.1) is 12.3 Å². The van der Waals surface area contributed by atoms with Crippen LogP contribution < -0.4 is 5.32 Å². The number of amides is 1. The topological polar surface area (TPSA) is 81.2 Å². The number of rotatable bonds is 6. The summed E-state index contributed by atoms with van der Waals surface area (Å²) in [5.41, 5.74) is 0.803. The maximum atomic E-state index is 12.1. The molecule has 1 aromatic carbocycles. The second kappa shape index (κ2) is 7.72. The van der Waals surface area contributed by atoms with Crippen molar-refractivity contribution in [2.45, 2.75) is 25.8 Å². The van der Waals surface area contributed by atoms with Crippen molar-refractivity contribution in [2.75, 3.05) is 0 Å². The lowest BCUT2D eigenvalue weighted by Crippen LogP contribution is -2.27. The fourth-order valence-corrected chi connectivity index (χ4v) is 2.90. The van der Waals surface area contributed by atoms with E-state index in [0.29, 0.717) is 33.9 Å². The molecule has 2 aromatic heterocycles. The molecule has 6 nitrogen and oxygen atoms in total. The van der Waals surface area contributed by atoms with Gasteiger partial charge in [-0.1, -0.05) is 34.4 Å². The number of nitrogens with one attached hydrogen (secondary N) is 1. The van der Waals surface area contributed by atoms with Crippen molar-refractivity contribution in [3.63, 3.8) is 0 Å². The van der Waals surface area contributed by atoms with E-state index in [1.165, 1.54) is 6.26 Å². The van der Waals surface area contributed by atoms with Crippen LogP contribution in [0.3, 0.4) is 0 Å². The molecular formula is C17H15Cl2N3O3. The Labute approximate surface area is 154 Å². The van der Waals surface area contributed by atoms with Gasteiger partial charge in [-0.2, -0.15) is 4.98 Å². The number of furan rings is 1. The average molecular weight is 380 g/mol. The molecule has 1 amide bonds. The molecule has 1 N–H and O–H groups in total. The van der Waals surface area contributed by atoms with E-state index in [1.54, 1.807) is 30.3 Å². The van der Waals surface area contributed by atoms with Crippen molar-refractivity contribution in [3.8, 4) is 11.6 Å². The summed E-state index contributed by atoms with van der Waals surface area (Å²) in [5.74, 6) is 1.11. The molecule has 3 aromatic rings. The van der Waals surface area contributed by atoms with Crippen LogP contribution in [0.2, 0.25) is 10.0 Å². The summed E-state index contributed by atoms with van der Waals surface area (Å²) in [6.45, 7) is 1.86. The van der Waals surface area contributed by atoms with Gasteiger partial charge in [0.2, 0.25) is 17.6 Å². The SMILES string of the molecule is CC(NC(=O)CCc1nc(-c2ccco2)no1)c1ccc(Cl)cc1Cl. The van der Waals surface area contributed by atoms with E-state index in [1.807, 2.05) is 6.92 Å². The predicted octanol–water partition coefficient (Wildman–Crippen LogP) is 4.45. The Morgan fingerprint density at radius 1 is 1.32 bits per heavy atom. The van der Waals surface area contributed by atoms with Crippen molar-refractivity contribution >= 4 is 29.1 Å². The number of carbonyl (C=O) groups excluding carboxylic acids is 1. The van der Waals surface area contributed by atoms with Gasteiger partial charge in [0.1, 0.15) is 0 Å². The summed E-state index contributed by atoms with van der Waals surface area (Å²) >= 11 is 12.0. The standard InChI is InChI=1S/C17H15Cl2N3O3/c1-10(12-5-4-11(18)9-13(12)19)20-15(23)6-7-16-21-17(22-25-16)14-3-2-8-24-14/h2-5,8-10H,6-7H2,1H3,(H,20,23). The largest absolute Gasteiger partial charge is 0.461 e. The van der Waals surface area contributed by atoms with Gasteiger partial charge in [0.25, 0.3) is 0 Å². The highest BCUT2D eigenvalue weighted by Crippen LogP contribution is 2.26. The van der Waals surface area contributed by atoms with Crippen molar-refractivity contribution in [2.24, 2.45) is 0 Å². The highest BCUT2D eigenvalue weighted by atomic mass is 35.5. The zero-order chi connectivity index (χ0) is 17.8. The minimum absolute atomic E-state index is 0.142. The third-order valence-electron chi connectivity index (χ3n) is 3.58. The Morgan fingerprint density at radius 3 is 2.88 bits per heavy atom. The van der Waals surface area contributed by atoms with Crippen LogP contribution in [0.4, 0.5) is 0 Å². The molecule has 0 aliphatic rings. The minimum atomic E-state index is -0.237. The Bertz CT molecular complexity index is 862. The number of aromatic nitrogens is 2. The average Bonchev–Trinajstić information content (AvgIpc) is 3.24. The Hall–Kier alpha value is -2.31. The van der Waals surface area contributed by atoms with E-state index >= 15 is 0 Å². The van der Waals surface area contributed by atoms with E-state index in [2.05, 4.69) is 15.5 Å². The van der Waals surface area contributed by atoms with E-state index in [0.717, 1.165) is 5.56 Å². The van der Waals surface area contributed by atoms with Gasteiger partial charge in [0, 0.05) is 22.9 Å². The number of carbonyl (C=O) groups is 1. The van der Waals surface area contributed by atoms with Crippen LogP contribution in [0.1, 0.15) is 30.8 Å². The number of hydrogen-bond donors (Lipinski definition) is 1. The molecule has 0 saturated heterocycles. The molecule has 0 fully saturated rings. The van der Waals surface area contributed by atoms with Crippen LogP contribution in [-0.2, 0) is 11.2 Å². The molecule has 1 atom stereocenters. The molecule has 0 spiro atoms. The number of hydrogen-bond acceptors (Lipinski definition) is 5. The lowest BCUT2D eigenvalue weighted by molar-refractivity contribution is -0.121. The third kappa shape index (κ3) is 4.41. The fraction of sp³-hybridized carbons (Fsp3) is 0.235. The Morgan fingerprint density at radius 2 is 2.16 bits per heavy atom. The third-order valence-corrected chi connectivity index (χ3v) is 4.14. The molecular weight excluding hydrogens is 365 g/mol. The van der Waals surface area contributed by atoms with Gasteiger partial charge in [0.15, 0.2) is 5.76 Å². The van der Waals surface area contributed by atoms with Crippen molar-refractivity contribution in [1.82, 2.24) is 15.5 Å². The normalized spacial score (nSPS) is 12.1. The molecule has 2 heterocycles. The molecule has 3 rings (SSSR count). The first-order valence-electron chi connectivity index (χ1n) is 7.63. The minimum Gasteiger partial charge on any atom is -0.461 e. The molecule has 0 aliphatic carbocycles. The van der Waals surface area contributed by atoms with E-state index in [4.69, 9.17) is 32.1 Å². The van der Waals surface area contributed by atoms with Crippen LogP contribution in [0.25, 0.3) is 11.6 Å². The number of aryl methyl sites for hydroxylation is 1. The lowest BCUT2D eigenvalue weighted by Gasteiger charge is -2.15. The second-order valence-corrected chi connectivity index (χ2v) is 6.29. The van der Waals surface area contributed by atoms with Crippen LogP contribution in [0, 0.1) is 0 Å². The van der Waals surface area contributed by atoms with Gasteiger partial charge in [-0.25, -0.2) is 0 Å². The molecule has 0 aliphatic heterocycles. The number of halogens is 2. The molecule has 130 valence electrons. The zero-order valence-electron chi connectivity index (χ0n) is 13.3. The number of benzene rings is 1. The van der Waals surface area contributed by atoms with Gasteiger partial charge in [-0.15, -0.1) is 0 Å². The zero-order valence-corrected chi connectivity index (χ0v) is 14.8. The van der Waals surface area contributed by atoms with Crippen molar-refractivity contribution in [1.29, 1.82) is 0 Å². The van der Waals surface area contributed by atoms with Gasteiger partial charge >= 0.3 is 0 Å². The second-order valence-electron chi connectivity index (χ2n) is 5.44. The maximum absolute atomic E-state index is 12.1. The van der Waals surface area contributed by atoms with E-state index in [9.17, 15) is 4.79 Å². The van der Waals surface area contributed by atoms with Crippen LogP contribution in [0.5, 0.6) is 0 Å². The van der Waals surface area contributed by atoms with Gasteiger partial charge < -0.3 is 14.3 Å². The fourth-order valence-electron chi connectivity index (χ4n) is 2.33. The van der Waals surface area contributed by atoms with E-state index in [-0.39, 0.29) is 18.4 Å².